The molecule has 0 saturated heterocycles. The Morgan fingerprint density at radius 1 is 0.886 bits per heavy atom. The van der Waals surface area contributed by atoms with Crippen LogP contribution in [0.3, 0.4) is 0 Å². The molecule has 2 amide bonds. The number of carbonyl (C=O) groups is 3. The Labute approximate surface area is 204 Å². The molecule has 0 aliphatic heterocycles. The van der Waals surface area contributed by atoms with Crippen molar-refractivity contribution in [2.75, 3.05) is 10.6 Å². The summed E-state index contributed by atoms with van der Waals surface area (Å²) in [4.78, 5) is 44.9. The van der Waals surface area contributed by atoms with Crippen molar-refractivity contribution in [2.24, 2.45) is 11.8 Å². The van der Waals surface area contributed by atoms with Gasteiger partial charge in [-0.1, -0.05) is 42.5 Å². The Morgan fingerprint density at radius 2 is 1.43 bits per heavy atom. The summed E-state index contributed by atoms with van der Waals surface area (Å²) < 4.78 is 0. The van der Waals surface area contributed by atoms with Gasteiger partial charge in [-0.3, -0.25) is 19.4 Å². The van der Waals surface area contributed by atoms with E-state index in [4.69, 9.17) is 0 Å². The van der Waals surface area contributed by atoms with Gasteiger partial charge in [-0.2, -0.15) is 0 Å². The molecule has 7 heteroatoms. The largest absolute Gasteiger partial charge is 0.389 e. The zero-order valence-electron chi connectivity index (χ0n) is 20.0. The molecule has 3 N–H and O–H groups in total. The van der Waals surface area contributed by atoms with Crippen molar-refractivity contribution in [3.8, 4) is 0 Å². The molecule has 2 aromatic carbocycles. The number of nitrogens with zero attached hydrogens (tertiary/aromatic N) is 1. The third-order valence-electron chi connectivity index (χ3n) is 6.67. The molecule has 180 valence electrons. The predicted molar refractivity (Wildman–Crippen MR) is 134 cm³/mol. The Balaban J connectivity index is 1.76. The Hall–Kier alpha value is -3.84. The lowest BCUT2D eigenvalue weighted by Crippen LogP contribution is -2.56. The Kier molecular flexibility index (Phi) is 6.80. The number of pyridine rings is 1. The number of rotatable bonds is 5. The Bertz CT molecular complexity index is 1260. The number of aliphatic hydroxyl groups is 1. The molecule has 1 aliphatic rings. The Morgan fingerprint density at radius 3 is 1.97 bits per heavy atom. The molecule has 4 rings (SSSR count). The molecule has 0 spiro atoms. The van der Waals surface area contributed by atoms with Gasteiger partial charge < -0.3 is 15.7 Å². The minimum absolute atomic E-state index is 0.325. The summed E-state index contributed by atoms with van der Waals surface area (Å²) in [7, 11) is 0. The van der Waals surface area contributed by atoms with E-state index in [1.165, 1.54) is 6.92 Å². The van der Waals surface area contributed by atoms with E-state index in [0.29, 0.717) is 17.1 Å². The first-order valence-corrected chi connectivity index (χ1v) is 11.6. The van der Waals surface area contributed by atoms with E-state index in [9.17, 15) is 19.5 Å². The lowest BCUT2D eigenvalue weighted by Gasteiger charge is -2.44. The molecule has 3 aromatic rings. The second-order valence-electron chi connectivity index (χ2n) is 9.34. The lowest BCUT2D eigenvalue weighted by molar-refractivity contribution is -0.151. The SMILES string of the molecule is Cc1ccccc1NC(=O)C1C(=O)CC(C)(O)C(C(=O)Nc2ccccc2C)C1c1ccccn1. The first kappa shape index (κ1) is 24.3. The molecule has 4 atom stereocenters. The number of carbonyl (C=O) groups excluding carboxylic acids is 3. The predicted octanol–water partition coefficient (Wildman–Crippen LogP) is 4.02. The molecule has 1 aliphatic carbocycles. The van der Waals surface area contributed by atoms with Crippen LogP contribution in [0.2, 0.25) is 0 Å². The van der Waals surface area contributed by atoms with E-state index in [2.05, 4.69) is 15.6 Å². The summed E-state index contributed by atoms with van der Waals surface area (Å²) >= 11 is 0. The van der Waals surface area contributed by atoms with Gasteiger partial charge in [-0.25, -0.2) is 0 Å². The number of Topliss-reactive ketones (excluding diaryl/α,β-unsaturated/α-hetero) is 1. The van der Waals surface area contributed by atoms with Gasteiger partial charge >= 0.3 is 0 Å². The van der Waals surface area contributed by atoms with Gasteiger partial charge in [0.1, 0.15) is 11.7 Å². The maximum Gasteiger partial charge on any atom is 0.235 e. The number of para-hydroxylation sites is 2. The fraction of sp³-hybridized carbons (Fsp3) is 0.286. The summed E-state index contributed by atoms with van der Waals surface area (Å²) in [6.07, 6.45) is 1.23. The van der Waals surface area contributed by atoms with E-state index in [1.807, 2.05) is 38.1 Å². The smallest absolute Gasteiger partial charge is 0.235 e. The number of ketones is 1. The summed E-state index contributed by atoms with van der Waals surface area (Å²) in [6, 6.07) is 19.7. The van der Waals surface area contributed by atoms with E-state index < -0.39 is 41.0 Å². The maximum absolute atomic E-state index is 13.7. The lowest BCUT2D eigenvalue weighted by atomic mass is 9.62. The van der Waals surface area contributed by atoms with Crippen LogP contribution in [-0.4, -0.2) is 33.3 Å². The van der Waals surface area contributed by atoms with Crippen LogP contribution in [0.25, 0.3) is 0 Å². The molecule has 4 unspecified atom stereocenters. The van der Waals surface area contributed by atoms with E-state index in [1.54, 1.807) is 48.7 Å². The van der Waals surface area contributed by atoms with Gasteiger partial charge in [0.25, 0.3) is 0 Å². The number of benzene rings is 2. The second-order valence-corrected chi connectivity index (χ2v) is 9.34. The zero-order valence-corrected chi connectivity index (χ0v) is 20.0. The van der Waals surface area contributed by atoms with Gasteiger partial charge in [-0.05, 0) is 56.2 Å². The van der Waals surface area contributed by atoms with Crippen molar-refractivity contribution in [1.82, 2.24) is 4.98 Å². The monoisotopic (exact) mass is 471 g/mol. The van der Waals surface area contributed by atoms with Gasteiger partial charge in [0.15, 0.2) is 0 Å². The number of aromatic nitrogens is 1. The van der Waals surface area contributed by atoms with E-state index in [-0.39, 0.29) is 6.42 Å². The molecule has 1 aromatic heterocycles. The van der Waals surface area contributed by atoms with Gasteiger partial charge in [0.05, 0.1) is 11.5 Å². The molecular formula is C28H29N3O4. The van der Waals surface area contributed by atoms with Crippen LogP contribution in [-0.2, 0) is 14.4 Å². The number of aryl methyl sites for hydroxylation is 2. The second kappa shape index (κ2) is 9.80. The summed E-state index contributed by atoms with van der Waals surface area (Å²) in [6.45, 7) is 5.20. The van der Waals surface area contributed by atoms with Crippen LogP contribution in [0, 0.1) is 25.7 Å². The van der Waals surface area contributed by atoms with Crippen LogP contribution in [0.15, 0.2) is 72.9 Å². The topological polar surface area (TPSA) is 108 Å². The summed E-state index contributed by atoms with van der Waals surface area (Å²) in [5, 5.41) is 17.1. The number of anilines is 2. The molecule has 0 radical (unpaired) electrons. The zero-order chi connectivity index (χ0) is 25.2. The van der Waals surface area contributed by atoms with Crippen LogP contribution >= 0.6 is 0 Å². The third kappa shape index (κ3) is 5.00. The molecule has 1 heterocycles. The molecule has 35 heavy (non-hydrogen) atoms. The number of amides is 2. The van der Waals surface area contributed by atoms with Crippen molar-refractivity contribution < 1.29 is 19.5 Å². The first-order chi connectivity index (χ1) is 16.7. The van der Waals surface area contributed by atoms with Crippen molar-refractivity contribution in [2.45, 2.75) is 38.7 Å². The highest BCUT2D eigenvalue weighted by Gasteiger charge is 2.56. The normalized spacial score (nSPS) is 24.0. The van der Waals surface area contributed by atoms with Gasteiger partial charge in [0, 0.05) is 35.6 Å². The molecule has 1 fully saturated rings. The molecule has 1 saturated carbocycles. The fourth-order valence-corrected chi connectivity index (χ4v) is 4.87. The van der Waals surface area contributed by atoms with Crippen molar-refractivity contribution in [3.63, 3.8) is 0 Å². The van der Waals surface area contributed by atoms with Crippen LogP contribution < -0.4 is 10.6 Å². The van der Waals surface area contributed by atoms with Crippen molar-refractivity contribution >= 4 is 29.0 Å². The van der Waals surface area contributed by atoms with E-state index >= 15 is 0 Å². The van der Waals surface area contributed by atoms with Gasteiger partial charge in [0.2, 0.25) is 11.8 Å². The number of hydrogen-bond donors (Lipinski definition) is 3. The van der Waals surface area contributed by atoms with Crippen LogP contribution in [0.1, 0.15) is 36.1 Å². The molecule has 7 nitrogen and oxygen atoms in total. The van der Waals surface area contributed by atoms with Crippen molar-refractivity contribution in [1.29, 1.82) is 0 Å². The highest BCUT2D eigenvalue weighted by atomic mass is 16.3. The van der Waals surface area contributed by atoms with Gasteiger partial charge in [-0.15, -0.1) is 0 Å². The highest BCUT2D eigenvalue weighted by molar-refractivity contribution is 6.10. The van der Waals surface area contributed by atoms with Crippen molar-refractivity contribution in [3.05, 3.63) is 89.7 Å². The van der Waals surface area contributed by atoms with E-state index in [0.717, 1.165) is 11.1 Å². The van der Waals surface area contributed by atoms with Crippen LogP contribution in [0.4, 0.5) is 11.4 Å². The minimum atomic E-state index is -1.68. The maximum atomic E-state index is 13.7. The average Bonchev–Trinajstić information content (AvgIpc) is 2.81. The molecular weight excluding hydrogens is 442 g/mol. The molecule has 0 bridgehead atoms. The fourth-order valence-electron chi connectivity index (χ4n) is 4.87. The minimum Gasteiger partial charge on any atom is -0.389 e. The standard InChI is InChI=1S/C28H29N3O4/c1-17-10-4-6-12-19(17)30-26(33)24-22(32)16-28(3,35)25(23(24)21-14-8-9-15-29-21)27(34)31-20-13-7-5-11-18(20)2/h4-15,23-25,35H,16H2,1-3H3,(H,30,33)(H,31,34). The first-order valence-electron chi connectivity index (χ1n) is 11.6. The number of nitrogens with one attached hydrogen (secondary N) is 2. The average molecular weight is 472 g/mol. The quantitative estimate of drug-likeness (QED) is 0.487. The third-order valence-corrected chi connectivity index (χ3v) is 6.67. The summed E-state index contributed by atoms with van der Waals surface area (Å²) in [5.41, 5.74) is 1.62. The summed E-state index contributed by atoms with van der Waals surface area (Å²) in [5.74, 6) is -4.68. The highest BCUT2D eigenvalue weighted by Crippen LogP contribution is 2.46. The van der Waals surface area contributed by atoms with Crippen LogP contribution in [0.5, 0.6) is 0 Å². The number of hydrogen-bond acceptors (Lipinski definition) is 5.